The van der Waals surface area contributed by atoms with Crippen LogP contribution in [0.5, 0.6) is 0 Å². The van der Waals surface area contributed by atoms with Crippen LogP contribution in [0, 0.1) is 26.6 Å². The molecule has 102 valence electrons. The summed E-state index contributed by atoms with van der Waals surface area (Å²) in [5.74, 6) is -0.445. The summed E-state index contributed by atoms with van der Waals surface area (Å²) in [6.45, 7) is 4.91. The fraction of sp³-hybridized carbons (Fsp3) is 0.250. The third kappa shape index (κ3) is 2.93. The molecule has 0 atom stereocenters. The number of aryl methyl sites for hydroxylation is 3. The van der Waals surface area contributed by atoms with E-state index in [9.17, 15) is 12.8 Å². The summed E-state index contributed by atoms with van der Waals surface area (Å²) >= 11 is 1.21. The summed E-state index contributed by atoms with van der Waals surface area (Å²) in [5, 5.41) is 2.06. The molecule has 1 aromatic carbocycles. The van der Waals surface area contributed by atoms with E-state index in [-0.39, 0.29) is 4.90 Å². The van der Waals surface area contributed by atoms with Crippen LogP contribution in [0.3, 0.4) is 0 Å². The Kier molecular flexibility index (Phi) is 3.60. The number of sulfonamides is 1. The van der Waals surface area contributed by atoms with Crippen molar-refractivity contribution in [2.75, 3.05) is 4.72 Å². The van der Waals surface area contributed by atoms with Gasteiger partial charge in [0.05, 0.1) is 10.6 Å². The van der Waals surface area contributed by atoms with Crippen molar-refractivity contribution in [3.8, 4) is 0 Å². The molecule has 0 unspecified atom stereocenters. The number of halogens is 1. The SMILES string of the molecule is Cc1csc(NS(=O)(=O)c2c(C)cc(F)cc2C)n1. The van der Waals surface area contributed by atoms with Gasteiger partial charge in [-0.15, -0.1) is 11.3 Å². The van der Waals surface area contributed by atoms with Gasteiger partial charge in [-0.25, -0.2) is 17.8 Å². The molecular weight excluding hydrogens is 287 g/mol. The molecule has 4 nitrogen and oxygen atoms in total. The van der Waals surface area contributed by atoms with Gasteiger partial charge in [0.25, 0.3) is 10.0 Å². The molecule has 2 aromatic rings. The number of hydrogen-bond acceptors (Lipinski definition) is 4. The summed E-state index contributed by atoms with van der Waals surface area (Å²) < 4.78 is 40.2. The minimum absolute atomic E-state index is 0.0988. The fourth-order valence-corrected chi connectivity index (χ4v) is 4.28. The minimum atomic E-state index is -3.75. The number of hydrogen-bond donors (Lipinski definition) is 1. The van der Waals surface area contributed by atoms with Crippen molar-refractivity contribution in [2.45, 2.75) is 25.7 Å². The molecular formula is C12H13FN2O2S2. The second kappa shape index (κ2) is 4.90. The number of rotatable bonds is 3. The van der Waals surface area contributed by atoms with E-state index in [1.807, 2.05) is 0 Å². The van der Waals surface area contributed by atoms with Crippen molar-refractivity contribution >= 4 is 26.5 Å². The van der Waals surface area contributed by atoms with E-state index in [0.717, 1.165) is 5.69 Å². The average Bonchev–Trinajstić information content (AvgIpc) is 2.60. The molecule has 0 aliphatic rings. The number of aromatic nitrogens is 1. The highest BCUT2D eigenvalue weighted by Crippen LogP contribution is 2.25. The van der Waals surface area contributed by atoms with Crippen LogP contribution in [-0.4, -0.2) is 13.4 Å². The molecule has 1 aromatic heterocycles. The van der Waals surface area contributed by atoms with Crippen molar-refractivity contribution in [1.82, 2.24) is 4.98 Å². The second-order valence-corrected chi connectivity index (χ2v) is 6.75. The quantitative estimate of drug-likeness (QED) is 0.948. The van der Waals surface area contributed by atoms with Gasteiger partial charge in [-0.2, -0.15) is 0 Å². The Morgan fingerprint density at radius 3 is 2.26 bits per heavy atom. The first-order valence-electron chi connectivity index (χ1n) is 5.51. The van der Waals surface area contributed by atoms with Crippen molar-refractivity contribution < 1.29 is 12.8 Å². The second-order valence-electron chi connectivity index (χ2n) is 4.27. The number of thiazole rings is 1. The summed E-state index contributed by atoms with van der Waals surface area (Å²) in [4.78, 5) is 4.15. The molecule has 0 saturated heterocycles. The molecule has 19 heavy (non-hydrogen) atoms. The molecule has 0 saturated carbocycles. The van der Waals surface area contributed by atoms with Gasteiger partial charge in [-0.1, -0.05) is 0 Å². The maximum Gasteiger partial charge on any atom is 0.264 e. The van der Waals surface area contributed by atoms with Gasteiger partial charge in [0.15, 0.2) is 5.13 Å². The van der Waals surface area contributed by atoms with Crippen LogP contribution >= 0.6 is 11.3 Å². The van der Waals surface area contributed by atoms with E-state index in [1.54, 1.807) is 26.2 Å². The van der Waals surface area contributed by atoms with Crippen LogP contribution in [0.2, 0.25) is 0 Å². The van der Waals surface area contributed by atoms with Crippen molar-refractivity contribution in [1.29, 1.82) is 0 Å². The summed E-state index contributed by atoms with van der Waals surface area (Å²) in [7, 11) is -3.75. The molecule has 0 bridgehead atoms. The molecule has 0 radical (unpaired) electrons. The van der Waals surface area contributed by atoms with E-state index in [0.29, 0.717) is 16.3 Å². The highest BCUT2D eigenvalue weighted by molar-refractivity contribution is 7.93. The first-order valence-corrected chi connectivity index (χ1v) is 7.87. The molecule has 2 rings (SSSR count). The average molecular weight is 300 g/mol. The smallest absolute Gasteiger partial charge is 0.255 e. The number of nitrogens with zero attached hydrogens (tertiary/aromatic N) is 1. The van der Waals surface area contributed by atoms with E-state index >= 15 is 0 Å². The predicted molar refractivity (Wildman–Crippen MR) is 73.5 cm³/mol. The first-order chi connectivity index (χ1) is 8.79. The van der Waals surface area contributed by atoms with E-state index < -0.39 is 15.8 Å². The first kappa shape index (κ1) is 14.0. The molecule has 7 heteroatoms. The van der Waals surface area contributed by atoms with E-state index in [4.69, 9.17) is 0 Å². The molecule has 0 amide bonds. The standard InChI is InChI=1S/C12H13FN2O2S2/c1-7-4-10(13)5-8(2)11(7)19(16,17)15-12-14-9(3)6-18-12/h4-6H,1-3H3,(H,14,15). The Hall–Kier alpha value is -1.47. The van der Waals surface area contributed by atoms with Gasteiger partial charge in [-0.3, -0.25) is 4.72 Å². The van der Waals surface area contributed by atoms with Crippen LogP contribution in [0.4, 0.5) is 9.52 Å². The molecule has 1 N–H and O–H groups in total. The molecule has 0 spiro atoms. The van der Waals surface area contributed by atoms with Crippen molar-refractivity contribution in [3.05, 3.63) is 40.2 Å². The van der Waals surface area contributed by atoms with Gasteiger partial charge in [0.2, 0.25) is 0 Å². The lowest BCUT2D eigenvalue weighted by Gasteiger charge is -2.11. The van der Waals surface area contributed by atoms with E-state index in [2.05, 4.69) is 9.71 Å². The van der Waals surface area contributed by atoms with Crippen LogP contribution < -0.4 is 4.72 Å². The summed E-state index contributed by atoms with van der Waals surface area (Å²) in [6, 6.07) is 2.41. The summed E-state index contributed by atoms with van der Waals surface area (Å²) in [5.41, 5.74) is 1.49. The highest BCUT2D eigenvalue weighted by atomic mass is 32.2. The van der Waals surface area contributed by atoms with E-state index in [1.165, 1.54) is 23.5 Å². The maximum absolute atomic E-state index is 13.2. The Labute approximate surface area is 115 Å². The monoisotopic (exact) mass is 300 g/mol. The normalized spacial score (nSPS) is 11.6. The third-order valence-corrected chi connectivity index (χ3v) is 5.18. The van der Waals surface area contributed by atoms with Gasteiger partial charge in [0, 0.05) is 5.38 Å². The van der Waals surface area contributed by atoms with Crippen molar-refractivity contribution in [2.24, 2.45) is 0 Å². The third-order valence-electron chi connectivity index (χ3n) is 2.53. The van der Waals surface area contributed by atoms with Gasteiger partial charge in [-0.05, 0) is 44.0 Å². The fourth-order valence-electron chi connectivity index (χ4n) is 1.89. The predicted octanol–water partition coefficient (Wildman–Crippen LogP) is 3.01. The molecule has 0 aliphatic carbocycles. The number of anilines is 1. The Morgan fingerprint density at radius 1 is 1.21 bits per heavy atom. The Balaban J connectivity index is 2.45. The summed E-state index contributed by atoms with van der Waals surface area (Å²) in [6.07, 6.45) is 0. The van der Waals surface area contributed by atoms with Crippen molar-refractivity contribution in [3.63, 3.8) is 0 Å². The van der Waals surface area contributed by atoms with Gasteiger partial charge in [0.1, 0.15) is 5.82 Å². The van der Waals surface area contributed by atoms with Crippen LogP contribution in [0.25, 0.3) is 0 Å². The minimum Gasteiger partial charge on any atom is -0.255 e. The number of nitrogens with one attached hydrogen (secondary N) is 1. The Morgan fingerprint density at radius 2 is 1.79 bits per heavy atom. The zero-order chi connectivity index (χ0) is 14.2. The lowest BCUT2D eigenvalue weighted by molar-refractivity contribution is 0.597. The highest BCUT2D eigenvalue weighted by Gasteiger charge is 2.21. The largest absolute Gasteiger partial charge is 0.264 e. The lowest BCUT2D eigenvalue weighted by Crippen LogP contribution is -2.15. The molecule has 0 fully saturated rings. The van der Waals surface area contributed by atoms with Gasteiger partial charge < -0.3 is 0 Å². The zero-order valence-corrected chi connectivity index (χ0v) is 12.3. The Bertz CT molecular complexity index is 700. The zero-order valence-electron chi connectivity index (χ0n) is 10.7. The van der Waals surface area contributed by atoms with Crippen LogP contribution in [-0.2, 0) is 10.0 Å². The maximum atomic E-state index is 13.2. The van der Waals surface area contributed by atoms with Crippen LogP contribution in [0.15, 0.2) is 22.4 Å². The van der Waals surface area contributed by atoms with Gasteiger partial charge >= 0.3 is 0 Å². The topological polar surface area (TPSA) is 59.1 Å². The molecule has 0 aliphatic heterocycles. The number of benzene rings is 1. The lowest BCUT2D eigenvalue weighted by atomic mass is 10.1. The molecule has 1 heterocycles. The van der Waals surface area contributed by atoms with Crippen LogP contribution in [0.1, 0.15) is 16.8 Å².